The molecule has 1 saturated carbocycles. The van der Waals surface area contributed by atoms with Gasteiger partial charge in [0.2, 0.25) is 0 Å². The summed E-state index contributed by atoms with van der Waals surface area (Å²) in [5.74, 6) is -0.284. The van der Waals surface area contributed by atoms with Crippen molar-refractivity contribution in [2.45, 2.75) is 38.2 Å². The predicted octanol–water partition coefficient (Wildman–Crippen LogP) is 3.83. The fourth-order valence-corrected chi connectivity index (χ4v) is 3.15. The third kappa shape index (κ3) is 3.47. The van der Waals surface area contributed by atoms with E-state index >= 15 is 0 Å². The Hall–Kier alpha value is -1.18. The second-order valence-electron chi connectivity index (χ2n) is 5.17. The molecule has 1 unspecified atom stereocenters. The third-order valence-electron chi connectivity index (χ3n) is 3.75. The van der Waals surface area contributed by atoms with E-state index in [4.69, 9.17) is 4.74 Å². The van der Waals surface area contributed by atoms with E-state index in [1.807, 2.05) is 31.2 Å². The van der Waals surface area contributed by atoms with Gasteiger partial charge in [-0.2, -0.15) is 5.26 Å². The number of halogens is 1. The van der Waals surface area contributed by atoms with Crippen LogP contribution in [0.1, 0.15) is 37.7 Å². The molecule has 0 saturated heterocycles. The number of hydrogen-bond acceptors (Lipinski definition) is 3. The molecule has 4 heteroatoms. The monoisotopic (exact) mass is 335 g/mol. The highest BCUT2D eigenvalue weighted by Gasteiger charge is 2.33. The van der Waals surface area contributed by atoms with Crippen molar-refractivity contribution >= 4 is 21.7 Å². The minimum absolute atomic E-state index is 0.0133. The third-order valence-corrected chi connectivity index (χ3v) is 4.47. The maximum absolute atomic E-state index is 12.3. The highest BCUT2D eigenvalue weighted by atomic mass is 79.9. The molecule has 0 bridgehead atoms. The van der Waals surface area contributed by atoms with Crippen LogP contribution in [0, 0.1) is 17.2 Å². The normalized spacial score (nSPS) is 22.6. The molecule has 0 amide bonds. The van der Waals surface area contributed by atoms with Crippen LogP contribution in [0.15, 0.2) is 28.7 Å². The van der Waals surface area contributed by atoms with Crippen LogP contribution in [-0.4, -0.2) is 18.5 Å². The molecule has 0 N–H and O–H groups in total. The Bertz CT molecular complexity index is 517. The van der Waals surface area contributed by atoms with Crippen LogP contribution in [0.2, 0.25) is 0 Å². The zero-order valence-electron chi connectivity index (χ0n) is 11.5. The fraction of sp³-hybridized carbons (Fsp3) is 0.500. The summed E-state index contributed by atoms with van der Waals surface area (Å²) in [4.78, 5) is 12.3. The van der Waals surface area contributed by atoms with Gasteiger partial charge in [0.15, 0.2) is 5.78 Å². The van der Waals surface area contributed by atoms with Gasteiger partial charge >= 0.3 is 0 Å². The Balaban J connectivity index is 1.95. The molecule has 2 rings (SSSR count). The highest BCUT2D eigenvalue weighted by Crippen LogP contribution is 2.35. The molecule has 0 spiro atoms. The number of carbonyl (C=O) groups excluding carboxylic acids is 1. The summed E-state index contributed by atoms with van der Waals surface area (Å²) in [6, 6.07) is 9.57. The molecule has 0 radical (unpaired) electrons. The van der Waals surface area contributed by atoms with Gasteiger partial charge in [0, 0.05) is 17.5 Å². The summed E-state index contributed by atoms with van der Waals surface area (Å²) in [5, 5.41) is 9.30. The molecule has 1 aromatic carbocycles. The van der Waals surface area contributed by atoms with Crippen LogP contribution < -0.4 is 0 Å². The molecule has 1 aliphatic carbocycles. The Morgan fingerprint density at radius 2 is 2.20 bits per heavy atom. The summed E-state index contributed by atoms with van der Waals surface area (Å²) >= 11 is 3.41. The van der Waals surface area contributed by atoms with Crippen molar-refractivity contribution in [1.29, 1.82) is 5.26 Å². The molecule has 0 heterocycles. The number of benzene rings is 1. The molecule has 1 atom stereocenters. The Morgan fingerprint density at radius 1 is 1.50 bits per heavy atom. The minimum atomic E-state index is -0.670. The summed E-state index contributed by atoms with van der Waals surface area (Å²) < 4.78 is 6.32. The Labute approximate surface area is 128 Å². The lowest BCUT2D eigenvalue weighted by molar-refractivity contribution is -0.122. The predicted molar refractivity (Wildman–Crippen MR) is 80.3 cm³/mol. The first-order valence-corrected chi connectivity index (χ1v) is 7.73. The topological polar surface area (TPSA) is 50.1 Å². The summed E-state index contributed by atoms with van der Waals surface area (Å²) in [7, 11) is 0. The lowest BCUT2D eigenvalue weighted by Crippen LogP contribution is -2.33. The van der Waals surface area contributed by atoms with E-state index in [9.17, 15) is 10.1 Å². The number of Topliss-reactive ketones (excluding diaryl/α,β-unsaturated/α-hetero) is 1. The van der Waals surface area contributed by atoms with Crippen molar-refractivity contribution in [1.82, 2.24) is 0 Å². The van der Waals surface area contributed by atoms with Gasteiger partial charge in [-0.05, 0) is 37.3 Å². The van der Waals surface area contributed by atoms with E-state index in [1.54, 1.807) is 0 Å². The number of nitrogens with zero attached hydrogens (tertiary/aromatic N) is 1. The van der Waals surface area contributed by atoms with E-state index in [-0.39, 0.29) is 5.78 Å². The molecule has 3 nitrogen and oxygen atoms in total. The first-order chi connectivity index (χ1) is 9.65. The van der Waals surface area contributed by atoms with Crippen LogP contribution in [0.3, 0.4) is 0 Å². The zero-order chi connectivity index (χ0) is 14.5. The van der Waals surface area contributed by atoms with E-state index in [0.29, 0.717) is 18.4 Å². The van der Waals surface area contributed by atoms with Gasteiger partial charge in [-0.15, -0.1) is 0 Å². The van der Waals surface area contributed by atoms with Crippen molar-refractivity contribution in [3.8, 4) is 6.07 Å². The molecule has 106 valence electrons. The first-order valence-electron chi connectivity index (χ1n) is 6.94. The van der Waals surface area contributed by atoms with E-state index in [2.05, 4.69) is 22.0 Å². The van der Waals surface area contributed by atoms with E-state index < -0.39 is 5.92 Å². The standard InChI is InChI=1S/C16H18BrNO2/c1-2-20-12-7-11(8-12)9-16(19)14(10-18)13-5-3-4-6-15(13)17/h3-6,11-12,14H,2,7-9H2,1H3. The molecule has 0 aromatic heterocycles. The number of hydrogen-bond donors (Lipinski definition) is 0. The van der Waals surface area contributed by atoms with Crippen molar-refractivity contribution in [2.24, 2.45) is 5.92 Å². The first kappa shape index (κ1) is 15.2. The van der Waals surface area contributed by atoms with Gasteiger partial charge in [-0.3, -0.25) is 4.79 Å². The van der Waals surface area contributed by atoms with Crippen LogP contribution in [-0.2, 0) is 9.53 Å². The molecule has 1 fully saturated rings. The number of ether oxygens (including phenoxy) is 1. The van der Waals surface area contributed by atoms with Crippen molar-refractivity contribution in [3.05, 3.63) is 34.3 Å². The van der Waals surface area contributed by atoms with Gasteiger partial charge in [-0.25, -0.2) is 0 Å². The quantitative estimate of drug-likeness (QED) is 0.793. The summed E-state index contributed by atoms with van der Waals surface area (Å²) in [6.45, 7) is 2.71. The van der Waals surface area contributed by atoms with Crippen LogP contribution >= 0.6 is 15.9 Å². The van der Waals surface area contributed by atoms with Crippen LogP contribution in [0.4, 0.5) is 0 Å². The molecular formula is C16H18BrNO2. The van der Waals surface area contributed by atoms with Gasteiger partial charge < -0.3 is 4.74 Å². The second kappa shape index (κ2) is 7.01. The lowest BCUT2D eigenvalue weighted by Gasteiger charge is -2.34. The number of carbonyl (C=O) groups is 1. The zero-order valence-corrected chi connectivity index (χ0v) is 13.1. The lowest BCUT2D eigenvalue weighted by atomic mass is 9.77. The van der Waals surface area contributed by atoms with Crippen LogP contribution in [0.25, 0.3) is 0 Å². The molecule has 0 aliphatic heterocycles. The smallest absolute Gasteiger partial charge is 0.154 e. The average molecular weight is 336 g/mol. The molecule has 1 aliphatic rings. The van der Waals surface area contributed by atoms with Crippen molar-refractivity contribution in [2.75, 3.05) is 6.61 Å². The molecular weight excluding hydrogens is 318 g/mol. The Morgan fingerprint density at radius 3 is 2.80 bits per heavy atom. The molecule has 1 aromatic rings. The number of ketones is 1. The van der Waals surface area contributed by atoms with Gasteiger partial charge in [0.1, 0.15) is 5.92 Å². The molecule has 20 heavy (non-hydrogen) atoms. The van der Waals surface area contributed by atoms with Crippen molar-refractivity contribution in [3.63, 3.8) is 0 Å². The SMILES string of the molecule is CCOC1CC(CC(=O)C(C#N)c2ccccc2Br)C1. The van der Waals surface area contributed by atoms with Gasteiger partial charge in [0.25, 0.3) is 0 Å². The van der Waals surface area contributed by atoms with Gasteiger partial charge in [-0.1, -0.05) is 34.1 Å². The maximum Gasteiger partial charge on any atom is 0.154 e. The van der Waals surface area contributed by atoms with Gasteiger partial charge in [0.05, 0.1) is 12.2 Å². The largest absolute Gasteiger partial charge is 0.378 e. The van der Waals surface area contributed by atoms with Crippen molar-refractivity contribution < 1.29 is 9.53 Å². The minimum Gasteiger partial charge on any atom is -0.378 e. The Kier molecular flexibility index (Phi) is 5.33. The van der Waals surface area contributed by atoms with E-state index in [0.717, 1.165) is 29.5 Å². The fourth-order valence-electron chi connectivity index (χ4n) is 2.64. The summed E-state index contributed by atoms with van der Waals surface area (Å²) in [6.07, 6.45) is 2.66. The number of nitriles is 1. The average Bonchev–Trinajstić information content (AvgIpc) is 2.39. The van der Waals surface area contributed by atoms with E-state index in [1.165, 1.54) is 0 Å². The second-order valence-corrected chi connectivity index (χ2v) is 6.02. The summed E-state index contributed by atoms with van der Waals surface area (Å²) in [5.41, 5.74) is 0.765. The maximum atomic E-state index is 12.3. The highest BCUT2D eigenvalue weighted by molar-refractivity contribution is 9.10. The number of rotatable bonds is 6. The van der Waals surface area contributed by atoms with Crippen LogP contribution in [0.5, 0.6) is 0 Å².